The molecule has 2 nitrogen and oxygen atoms in total. The Bertz CT molecular complexity index is 550. The van der Waals surface area contributed by atoms with Crippen molar-refractivity contribution in [1.82, 2.24) is 4.98 Å². The van der Waals surface area contributed by atoms with E-state index in [0.717, 1.165) is 11.4 Å². The minimum atomic E-state index is 0.377. The summed E-state index contributed by atoms with van der Waals surface area (Å²) in [7, 11) is 0. The van der Waals surface area contributed by atoms with Crippen molar-refractivity contribution in [2.75, 3.05) is 0 Å². The maximum Gasteiger partial charge on any atom is 0.0686 e. The van der Waals surface area contributed by atoms with Crippen molar-refractivity contribution in [1.29, 1.82) is 0 Å². The third kappa shape index (κ3) is 1.86. The highest BCUT2D eigenvalue weighted by Crippen LogP contribution is 2.34. The van der Waals surface area contributed by atoms with Gasteiger partial charge in [-0.1, -0.05) is 30.4 Å². The molecule has 2 heteroatoms. The number of aryl methyl sites for hydroxylation is 1. The third-order valence-corrected chi connectivity index (χ3v) is 3.19. The second-order valence-corrected chi connectivity index (χ2v) is 4.42. The number of aliphatic imine (C=N–C) groups is 1. The Morgan fingerprint density at radius 2 is 2.00 bits per heavy atom. The molecule has 3 rings (SSSR count). The zero-order valence-corrected chi connectivity index (χ0v) is 9.75. The van der Waals surface area contributed by atoms with Crippen LogP contribution in [0.25, 0.3) is 5.57 Å². The van der Waals surface area contributed by atoms with Crippen LogP contribution < -0.4 is 0 Å². The van der Waals surface area contributed by atoms with Crippen molar-refractivity contribution >= 4 is 11.8 Å². The molecular weight excluding hydrogens is 208 g/mol. The molecule has 0 saturated carbocycles. The summed E-state index contributed by atoms with van der Waals surface area (Å²) in [6.07, 6.45) is 12.5. The van der Waals surface area contributed by atoms with Crippen LogP contribution in [0, 0.1) is 18.8 Å². The molecule has 0 spiro atoms. The van der Waals surface area contributed by atoms with Gasteiger partial charge in [-0.3, -0.25) is 9.98 Å². The topological polar surface area (TPSA) is 25.2 Å². The van der Waals surface area contributed by atoms with Crippen LogP contribution in [0.3, 0.4) is 0 Å². The molecule has 0 fully saturated rings. The summed E-state index contributed by atoms with van der Waals surface area (Å²) in [4.78, 5) is 8.92. The highest BCUT2D eigenvalue weighted by atomic mass is 14.7. The molecule has 0 bridgehead atoms. The molecule has 0 radical (unpaired) electrons. The Morgan fingerprint density at radius 1 is 1.12 bits per heavy atom. The number of pyridine rings is 1. The van der Waals surface area contributed by atoms with Gasteiger partial charge in [0.1, 0.15) is 0 Å². The van der Waals surface area contributed by atoms with Gasteiger partial charge in [0.15, 0.2) is 0 Å². The Balaban J connectivity index is 2.03. The molecule has 2 unspecified atom stereocenters. The molecule has 0 saturated heterocycles. The van der Waals surface area contributed by atoms with Crippen molar-refractivity contribution in [2.45, 2.75) is 6.92 Å². The van der Waals surface area contributed by atoms with Crippen molar-refractivity contribution in [3.8, 4) is 0 Å². The summed E-state index contributed by atoms with van der Waals surface area (Å²) in [6, 6.07) is 6.13. The van der Waals surface area contributed by atoms with Gasteiger partial charge in [0.05, 0.1) is 5.69 Å². The van der Waals surface area contributed by atoms with E-state index in [1.165, 1.54) is 5.57 Å². The fourth-order valence-electron chi connectivity index (χ4n) is 2.33. The fourth-order valence-corrected chi connectivity index (χ4v) is 2.33. The van der Waals surface area contributed by atoms with Crippen molar-refractivity contribution in [2.24, 2.45) is 16.8 Å². The van der Waals surface area contributed by atoms with E-state index in [1.807, 2.05) is 31.5 Å². The SMILES string of the molecule is Cc1cccc(C2=CN=CC3C=CC=CC23)n1. The number of aromatic nitrogens is 1. The number of rotatable bonds is 1. The van der Waals surface area contributed by atoms with Gasteiger partial charge in [0.2, 0.25) is 0 Å². The number of hydrogen-bond donors (Lipinski definition) is 0. The Hall–Kier alpha value is -1.96. The van der Waals surface area contributed by atoms with Gasteiger partial charge in [-0.05, 0) is 19.1 Å². The Labute approximate surface area is 101 Å². The van der Waals surface area contributed by atoms with Crippen LogP contribution in [0.2, 0.25) is 0 Å². The summed E-state index contributed by atoms with van der Waals surface area (Å²) in [6.45, 7) is 2.02. The maximum absolute atomic E-state index is 4.59. The first-order valence-electron chi connectivity index (χ1n) is 5.87. The van der Waals surface area contributed by atoms with Gasteiger partial charge in [0.25, 0.3) is 0 Å². The second kappa shape index (κ2) is 4.13. The van der Waals surface area contributed by atoms with Crippen molar-refractivity contribution < 1.29 is 0 Å². The van der Waals surface area contributed by atoms with Crippen LogP contribution in [0.5, 0.6) is 0 Å². The molecule has 0 aromatic carbocycles. The Morgan fingerprint density at radius 3 is 2.88 bits per heavy atom. The molecule has 0 N–H and O–H groups in total. The second-order valence-electron chi connectivity index (χ2n) is 4.42. The van der Waals surface area contributed by atoms with Crippen molar-refractivity contribution in [3.05, 3.63) is 60.1 Å². The van der Waals surface area contributed by atoms with Crippen LogP contribution in [-0.4, -0.2) is 11.2 Å². The molecule has 2 heterocycles. The van der Waals surface area contributed by atoms with E-state index in [0.29, 0.717) is 11.8 Å². The molecule has 2 aliphatic rings. The van der Waals surface area contributed by atoms with Gasteiger partial charge < -0.3 is 0 Å². The average Bonchev–Trinajstić information content (AvgIpc) is 2.38. The molecule has 1 aromatic heterocycles. The first-order valence-corrected chi connectivity index (χ1v) is 5.87. The quantitative estimate of drug-likeness (QED) is 0.716. The lowest BCUT2D eigenvalue weighted by molar-refractivity contribution is 0.719. The lowest BCUT2D eigenvalue weighted by Crippen LogP contribution is -2.19. The average molecular weight is 222 g/mol. The van der Waals surface area contributed by atoms with E-state index in [2.05, 4.69) is 40.3 Å². The van der Waals surface area contributed by atoms with E-state index in [9.17, 15) is 0 Å². The van der Waals surface area contributed by atoms with Gasteiger partial charge >= 0.3 is 0 Å². The largest absolute Gasteiger partial charge is 0.268 e. The number of hydrogen-bond acceptors (Lipinski definition) is 2. The minimum absolute atomic E-state index is 0.377. The van der Waals surface area contributed by atoms with Gasteiger partial charge in [-0.25, -0.2) is 0 Å². The standard InChI is InChI=1S/C15H14N2/c1-11-5-4-8-15(17-11)14-10-16-9-12-6-2-3-7-13(12)14/h2-10,12-13H,1H3. The van der Waals surface area contributed by atoms with Crippen LogP contribution in [-0.2, 0) is 0 Å². The van der Waals surface area contributed by atoms with Crippen LogP contribution >= 0.6 is 0 Å². The summed E-state index contributed by atoms with van der Waals surface area (Å²) in [5.74, 6) is 0.758. The summed E-state index contributed by atoms with van der Waals surface area (Å²) in [5.41, 5.74) is 3.29. The fraction of sp³-hybridized carbons (Fsp3) is 0.200. The first-order chi connectivity index (χ1) is 8.34. The molecule has 17 heavy (non-hydrogen) atoms. The molecule has 1 aliphatic heterocycles. The summed E-state index contributed by atoms with van der Waals surface area (Å²) < 4.78 is 0. The van der Waals surface area contributed by atoms with E-state index in [4.69, 9.17) is 0 Å². The smallest absolute Gasteiger partial charge is 0.0686 e. The predicted molar refractivity (Wildman–Crippen MR) is 70.7 cm³/mol. The molecule has 0 amide bonds. The maximum atomic E-state index is 4.59. The number of nitrogens with zero attached hydrogens (tertiary/aromatic N) is 2. The van der Waals surface area contributed by atoms with Gasteiger partial charge in [-0.2, -0.15) is 0 Å². The highest BCUT2D eigenvalue weighted by molar-refractivity contribution is 5.79. The van der Waals surface area contributed by atoms with E-state index in [1.54, 1.807) is 0 Å². The number of fused-ring (bicyclic) bond motifs is 1. The monoisotopic (exact) mass is 222 g/mol. The van der Waals surface area contributed by atoms with E-state index < -0.39 is 0 Å². The Kier molecular flexibility index (Phi) is 2.48. The molecule has 2 atom stereocenters. The summed E-state index contributed by atoms with van der Waals surface area (Å²) in [5, 5.41) is 0. The molecule has 1 aliphatic carbocycles. The third-order valence-electron chi connectivity index (χ3n) is 3.19. The zero-order chi connectivity index (χ0) is 11.7. The van der Waals surface area contributed by atoms with Crippen LogP contribution in [0.4, 0.5) is 0 Å². The van der Waals surface area contributed by atoms with E-state index >= 15 is 0 Å². The number of allylic oxidation sites excluding steroid dienone is 5. The van der Waals surface area contributed by atoms with E-state index in [-0.39, 0.29) is 0 Å². The zero-order valence-electron chi connectivity index (χ0n) is 9.75. The lowest BCUT2D eigenvalue weighted by Gasteiger charge is -2.25. The molecule has 1 aromatic rings. The van der Waals surface area contributed by atoms with Crippen LogP contribution in [0.1, 0.15) is 11.4 Å². The lowest BCUT2D eigenvalue weighted by atomic mass is 9.81. The van der Waals surface area contributed by atoms with Gasteiger partial charge in [-0.15, -0.1) is 0 Å². The normalized spacial score (nSPS) is 25.6. The van der Waals surface area contributed by atoms with Crippen LogP contribution in [0.15, 0.2) is 53.7 Å². The first kappa shape index (κ1) is 10.2. The predicted octanol–water partition coefficient (Wildman–Crippen LogP) is 3.17. The highest BCUT2D eigenvalue weighted by Gasteiger charge is 2.25. The minimum Gasteiger partial charge on any atom is -0.268 e. The van der Waals surface area contributed by atoms with Gasteiger partial charge in [0, 0.05) is 35.5 Å². The van der Waals surface area contributed by atoms with Crippen molar-refractivity contribution in [3.63, 3.8) is 0 Å². The molecular formula is C15H14N2. The molecule has 84 valence electrons. The summed E-state index contributed by atoms with van der Waals surface area (Å²) >= 11 is 0.